The number of benzene rings is 1. The molecule has 26 heavy (non-hydrogen) atoms. The second-order valence-corrected chi connectivity index (χ2v) is 7.45. The number of nitrogens with zero attached hydrogens (tertiary/aromatic N) is 1. The van der Waals surface area contributed by atoms with Gasteiger partial charge in [0.25, 0.3) is 0 Å². The fourth-order valence-electron chi connectivity index (χ4n) is 2.74. The van der Waals surface area contributed by atoms with Crippen LogP contribution in [0.2, 0.25) is 0 Å². The Morgan fingerprint density at radius 1 is 1.15 bits per heavy atom. The molecule has 0 heterocycles. The maximum atomic E-state index is 11.9. The van der Waals surface area contributed by atoms with Gasteiger partial charge in [-0.25, -0.2) is 4.79 Å². The molecule has 1 aliphatic carbocycles. The van der Waals surface area contributed by atoms with E-state index in [1.165, 1.54) is 0 Å². The third-order valence-electron chi connectivity index (χ3n) is 3.95. The van der Waals surface area contributed by atoms with Gasteiger partial charge in [-0.15, -0.1) is 0 Å². The fourth-order valence-corrected chi connectivity index (χ4v) is 2.74. The highest BCUT2D eigenvalue weighted by molar-refractivity contribution is 5.87. The number of carbonyl (C=O) groups is 2. The molecule has 1 saturated carbocycles. The molecule has 1 aliphatic rings. The number of hydrogen-bond acceptors (Lipinski definition) is 5. The lowest BCUT2D eigenvalue weighted by Crippen LogP contribution is -2.38. The number of rotatable bonds is 5. The summed E-state index contributed by atoms with van der Waals surface area (Å²) in [6.07, 6.45) is 2.74. The molecule has 1 amide bonds. The average molecular weight is 360 g/mol. The SMILES string of the molecule is CC(C)(C)OC(=O)CN=C1CCC(NC(=O)OCc2ccccc2)CC1. The minimum atomic E-state index is -0.487. The number of ether oxygens (including phenoxy) is 2. The van der Waals surface area contributed by atoms with E-state index < -0.39 is 11.7 Å². The van der Waals surface area contributed by atoms with Gasteiger partial charge in [0.15, 0.2) is 0 Å². The molecule has 0 bridgehead atoms. The zero-order chi connectivity index (χ0) is 19.0. The van der Waals surface area contributed by atoms with Crippen LogP contribution in [0, 0.1) is 0 Å². The Morgan fingerprint density at radius 3 is 2.42 bits per heavy atom. The van der Waals surface area contributed by atoms with Crippen LogP contribution in [0.5, 0.6) is 0 Å². The van der Waals surface area contributed by atoms with E-state index >= 15 is 0 Å². The van der Waals surface area contributed by atoms with Crippen molar-refractivity contribution >= 4 is 17.8 Å². The fraction of sp³-hybridized carbons (Fsp3) is 0.550. The van der Waals surface area contributed by atoms with Crippen molar-refractivity contribution in [2.24, 2.45) is 4.99 Å². The lowest BCUT2D eigenvalue weighted by Gasteiger charge is -2.24. The molecule has 0 radical (unpaired) electrons. The van der Waals surface area contributed by atoms with Gasteiger partial charge in [-0.3, -0.25) is 9.79 Å². The smallest absolute Gasteiger partial charge is 0.407 e. The number of amides is 1. The van der Waals surface area contributed by atoms with Gasteiger partial charge in [-0.05, 0) is 52.0 Å². The van der Waals surface area contributed by atoms with Gasteiger partial charge in [-0.1, -0.05) is 30.3 Å². The average Bonchev–Trinajstić information content (AvgIpc) is 2.59. The second kappa shape index (κ2) is 9.36. The van der Waals surface area contributed by atoms with Crippen LogP contribution in [-0.2, 0) is 20.9 Å². The molecule has 0 saturated heterocycles. The van der Waals surface area contributed by atoms with Crippen LogP contribution < -0.4 is 5.32 Å². The molecular weight excluding hydrogens is 332 g/mol. The van der Waals surface area contributed by atoms with Gasteiger partial charge in [0.05, 0.1) is 0 Å². The molecule has 0 unspecified atom stereocenters. The quantitative estimate of drug-likeness (QED) is 0.813. The largest absolute Gasteiger partial charge is 0.459 e. The molecule has 0 aliphatic heterocycles. The van der Waals surface area contributed by atoms with Gasteiger partial charge < -0.3 is 14.8 Å². The van der Waals surface area contributed by atoms with Crippen LogP contribution in [0.1, 0.15) is 52.0 Å². The lowest BCUT2D eigenvalue weighted by molar-refractivity contribution is -0.152. The molecule has 0 spiro atoms. The number of aliphatic imine (C=N–C) groups is 1. The highest BCUT2D eigenvalue weighted by Gasteiger charge is 2.21. The summed E-state index contributed by atoms with van der Waals surface area (Å²) in [5.74, 6) is -0.310. The van der Waals surface area contributed by atoms with Gasteiger partial charge in [0.2, 0.25) is 0 Å². The highest BCUT2D eigenvalue weighted by Crippen LogP contribution is 2.17. The minimum Gasteiger partial charge on any atom is -0.459 e. The van der Waals surface area contributed by atoms with Crippen molar-refractivity contribution in [3.05, 3.63) is 35.9 Å². The van der Waals surface area contributed by atoms with Gasteiger partial charge in [0.1, 0.15) is 18.8 Å². The maximum absolute atomic E-state index is 11.9. The van der Waals surface area contributed by atoms with Crippen molar-refractivity contribution in [2.75, 3.05) is 6.54 Å². The summed E-state index contributed by atoms with van der Waals surface area (Å²) in [5.41, 5.74) is 1.48. The van der Waals surface area contributed by atoms with Crippen molar-refractivity contribution < 1.29 is 19.1 Å². The molecule has 1 N–H and O–H groups in total. The molecule has 142 valence electrons. The molecule has 6 nitrogen and oxygen atoms in total. The first kappa shape index (κ1) is 19.9. The lowest BCUT2D eigenvalue weighted by atomic mass is 9.94. The van der Waals surface area contributed by atoms with Crippen molar-refractivity contribution in [1.29, 1.82) is 0 Å². The molecule has 6 heteroatoms. The zero-order valence-corrected chi connectivity index (χ0v) is 15.8. The highest BCUT2D eigenvalue weighted by atomic mass is 16.6. The van der Waals surface area contributed by atoms with E-state index in [2.05, 4.69) is 10.3 Å². The van der Waals surface area contributed by atoms with Crippen molar-refractivity contribution in [3.63, 3.8) is 0 Å². The Morgan fingerprint density at radius 2 is 1.81 bits per heavy atom. The van der Waals surface area contributed by atoms with E-state index in [4.69, 9.17) is 9.47 Å². The summed E-state index contributed by atoms with van der Waals surface area (Å²) < 4.78 is 10.5. The predicted octanol–water partition coefficient (Wildman–Crippen LogP) is 3.64. The normalized spacial score (nSPS) is 17.3. The Bertz CT molecular complexity index is 625. The molecule has 1 aromatic carbocycles. The van der Waals surface area contributed by atoms with E-state index in [-0.39, 0.29) is 25.2 Å². The van der Waals surface area contributed by atoms with E-state index in [0.29, 0.717) is 0 Å². The first-order chi connectivity index (χ1) is 12.3. The summed E-state index contributed by atoms with van der Waals surface area (Å²) >= 11 is 0. The molecule has 1 aromatic rings. The summed E-state index contributed by atoms with van der Waals surface area (Å²) in [4.78, 5) is 27.9. The summed E-state index contributed by atoms with van der Waals surface area (Å²) in [6.45, 7) is 5.84. The van der Waals surface area contributed by atoms with Crippen LogP contribution in [-0.4, -0.2) is 36.0 Å². The van der Waals surface area contributed by atoms with Crippen LogP contribution in [0.15, 0.2) is 35.3 Å². The Hall–Kier alpha value is -2.37. The molecule has 0 aromatic heterocycles. The number of nitrogens with one attached hydrogen (secondary N) is 1. The first-order valence-electron chi connectivity index (χ1n) is 9.03. The van der Waals surface area contributed by atoms with E-state index in [9.17, 15) is 9.59 Å². The molecule has 0 atom stereocenters. The number of carbonyl (C=O) groups excluding carboxylic acids is 2. The van der Waals surface area contributed by atoms with Crippen LogP contribution in [0.4, 0.5) is 4.79 Å². The van der Waals surface area contributed by atoms with Crippen molar-refractivity contribution in [2.45, 2.75) is 64.7 Å². The Balaban J connectivity index is 1.67. The van der Waals surface area contributed by atoms with Crippen LogP contribution in [0.3, 0.4) is 0 Å². The van der Waals surface area contributed by atoms with Gasteiger partial charge in [-0.2, -0.15) is 0 Å². The number of esters is 1. The Kier molecular flexibility index (Phi) is 7.18. The predicted molar refractivity (Wildman–Crippen MR) is 100 cm³/mol. The van der Waals surface area contributed by atoms with E-state index in [0.717, 1.165) is 37.0 Å². The molecular formula is C20H28N2O4. The molecule has 2 rings (SSSR count). The zero-order valence-electron chi connectivity index (χ0n) is 15.8. The topological polar surface area (TPSA) is 77.0 Å². The van der Waals surface area contributed by atoms with Crippen molar-refractivity contribution in [1.82, 2.24) is 5.32 Å². The van der Waals surface area contributed by atoms with Crippen LogP contribution >= 0.6 is 0 Å². The first-order valence-corrected chi connectivity index (χ1v) is 9.03. The summed E-state index contributed by atoms with van der Waals surface area (Å²) in [7, 11) is 0. The minimum absolute atomic E-state index is 0.0593. The summed E-state index contributed by atoms with van der Waals surface area (Å²) in [5, 5.41) is 2.90. The van der Waals surface area contributed by atoms with Crippen molar-refractivity contribution in [3.8, 4) is 0 Å². The Labute approximate surface area is 155 Å². The van der Waals surface area contributed by atoms with E-state index in [1.54, 1.807) is 0 Å². The van der Waals surface area contributed by atoms with Gasteiger partial charge in [0, 0.05) is 11.8 Å². The van der Waals surface area contributed by atoms with Gasteiger partial charge >= 0.3 is 12.1 Å². The number of hydrogen-bond donors (Lipinski definition) is 1. The second-order valence-electron chi connectivity index (χ2n) is 7.45. The third kappa shape index (κ3) is 7.68. The summed E-state index contributed by atoms with van der Waals surface area (Å²) in [6, 6.07) is 9.67. The van der Waals surface area contributed by atoms with Crippen LogP contribution in [0.25, 0.3) is 0 Å². The number of alkyl carbamates (subject to hydrolysis) is 1. The third-order valence-corrected chi connectivity index (χ3v) is 3.95. The molecule has 1 fully saturated rings. The monoisotopic (exact) mass is 360 g/mol. The van der Waals surface area contributed by atoms with E-state index in [1.807, 2.05) is 51.1 Å². The standard InChI is InChI=1S/C20H28N2O4/c1-20(2,3)26-18(23)13-21-16-9-11-17(12-10-16)22-19(24)25-14-15-7-5-4-6-8-15/h4-8,17H,9-14H2,1-3H3,(H,22,24). The maximum Gasteiger partial charge on any atom is 0.407 e.